The van der Waals surface area contributed by atoms with Crippen molar-refractivity contribution in [2.24, 2.45) is 0 Å². The fraction of sp³-hybridized carbons (Fsp3) is 0. The number of rotatable bonds is 1. The normalized spacial score (nSPS) is 11.1. The van der Waals surface area contributed by atoms with Gasteiger partial charge < -0.3 is 10.2 Å². The van der Waals surface area contributed by atoms with Crippen molar-refractivity contribution in [2.75, 3.05) is 5.73 Å². The van der Waals surface area contributed by atoms with Crippen molar-refractivity contribution in [3.8, 4) is 11.3 Å². The Balaban J connectivity index is 2.31. The first-order valence-electron chi connectivity index (χ1n) is 4.72. The first-order chi connectivity index (χ1) is 7.75. The highest BCUT2D eigenvalue weighted by Gasteiger charge is 2.11. The van der Waals surface area contributed by atoms with Crippen LogP contribution in [0.25, 0.3) is 22.2 Å². The highest BCUT2D eigenvalue weighted by molar-refractivity contribution is 9.10. The zero-order valence-corrected chi connectivity index (χ0v) is 9.78. The van der Waals surface area contributed by atoms with E-state index in [1.54, 1.807) is 12.3 Å². The number of H-pyrrole nitrogens is 1. The molecule has 1 aromatic carbocycles. The smallest absolute Gasteiger partial charge is 0.145 e. The summed E-state index contributed by atoms with van der Waals surface area (Å²) in [5.41, 5.74) is 8.20. The first kappa shape index (κ1) is 9.47. The molecule has 0 aliphatic carbocycles. The molecule has 2 heterocycles. The molecule has 80 valence electrons. The van der Waals surface area contributed by atoms with Gasteiger partial charge >= 0.3 is 0 Å². The molecule has 3 aromatic rings. The number of nitrogens with one attached hydrogen (secondary N) is 1. The number of halogens is 1. The fourth-order valence-corrected chi connectivity index (χ4v) is 2.12. The van der Waals surface area contributed by atoms with Gasteiger partial charge in [-0.15, -0.1) is 0 Å². The Morgan fingerprint density at radius 3 is 3.00 bits per heavy atom. The standard InChI is InChI=1S/C11H8BrN3O/c12-8-5-16-11-6(8)2-1-3-7(11)9-4-10(13)15-14-9/h1-5H,(H3,13,14,15). The lowest BCUT2D eigenvalue weighted by atomic mass is 10.1. The topological polar surface area (TPSA) is 67.8 Å². The van der Waals surface area contributed by atoms with Gasteiger partial charge in [0.1, 0.15) is 17.7 Å². The molecule has 0 radical (unpaired) electrons. The van der Waals surface area contributed by atoms with E-state index in [1.165, 1.54) is 0 Å². The van der Waals surface area contributed by atoms with E-state index >= 15 is 0 Å². The predicted octanol–water partition coefficient (Wildman–Crippen LogP) is 3.17. The maximum Gasteiger partial charge on any atom is 0.145 e. The number of nitrogens with two attached hydrogens (primary N) is 1. The number of benzene rings is 1. The van der Waals surface area contributed by atoms with Gasteiger partial charge in [-0.05, 0) is 28.1 Å². The molecule has 16 heavy (non-hydrogen) atoms. The predicted molar refractivity (Wildman–Crippen MR) is 65.9 cm³/mol. The summed E-state index contributed by atoms with van der Waals surface area (Å²) in [7, 11) is 0. The maximum atomic E-state index is 5.58. The zero-order valence-electron chi connectivity index (χ0n) is 8.20. The number of hydrogen-bond donors (Lipinski definition) is 2. The lowest BCUT2D eigenvalue weighted by Gasteiger charge is -1.97. The maximum absolute atomic E-state index is 5.58. The Morgan fingerprint density at radius 1 is 1.38 bits per heavy atom. The average molecular weight is 278 g/mol. The highest BCUT2D eigenvalue weighted by atomic mass is 79.9. The van der Waals surface area contributed by atoms with Crippen molar-refractivity contribution in [3.63, 3.8) is 0 Å². The third-order valence-electron chi connectivity index (χ3n) is 2.44. The van der Waals surface area contributed by atoms with Crippen molar-refractivity contribution in [1.82, 2.24) is 10.2 Å². The van der Waals surface area contributed by atoms with Crippen LogP contribution in [-0.4, -0.2) is 10.2 Å². The molecule has 0 atom stereocenters. The number of nitrogens with zero attached hydrogens (tertiary/aromatic N) is 1. The SMILES string of the molecule is Nc1cc(-c2cccc3c(Br)coc23)[nH]n1. The molecule has 3 N–H and O–H groups in total. The van der Waals surface area contributed by atoms with Gasteiger partial charge in [0.15, 0.2) is 0 Å². The minimum atomic E-state index is 0.470. The van der Waals surface area contributed by atoms with E-state index in [2.05, 4.69) is 26.1 Å². The molecule has 0 saturated carbocycles. The van der Waals surface area contributed by atoms with Gasteiger partial charge in [0.25, 0.3) is 0 Å². The summed E-state index contributed by atoms with van der Waals surface area (Å²) in [6.07, 6.45) is 1.67. The summed E-state index contributed by atoms with van der Waals surface area (Å²) in [4.78, 5) is 0. The largest absolute Gasteiger partial charge is 0.462 e. The van der Waals surface area contributed by atoms with E-state index in [-0.39, 0.29) is 0 Å². The Kier molecular flexibility index (Phi) is 2.00. The van der Waals surface area contributed by atoms with E-state index in [0.29, 0.717) is 5.82 Å². The van der Waals surface area contributed by atoms with E-state index in [1.807, 2.05) is 18.2 Å². The van der Waals surface area contributed by atoms with Crippen molar-refractivity contribution < 1.29 is 4.42 Å². The lowest BCUT2D eigenvalue weighted by Crippen LogP contribution is -1.81. The third kappa shape index (κ3) is 1.32. The minimum absolute atomic E-state index is 0.470. The van der Waals surface area contributed by atoms with E-state index in [9.17, 15) is 0 Å². The summed E-state index contributed by atoms with van der Waals surface area (Å²) in [6, 6.07) is 7.71. The summed E-state index contributed by atoms with van der Waals surface area (Å²) in [5, 5.41) is 7.81. The third-order valence-corrected chi connectivity index (χ3v) is 3.05. The molecule has 0 amide bonds. The number of fused-ring (bicyclic) bond motifs is 1. The molecule has 0 aliphatic heterocycles. The first-order valence-corrected chi connectivity index (χ1v) is 5.52. The van der Waals surface area contributed by atoms with Gasteiger partial charge in [-0.1, -0.05) is 6.07 Å². The average Bonchev–Trinajstić information content (AvgIpc) is 2.86. The molecule has 0 bridgehead atoms. The zero-order chi connectivity index (χ0) is 11.1. The van der Waals surface area contributed by atoms with E-state index in [4.69, 9.17) is 10.2 Å². The molecule has 2 aromatic heterocycles. The summed E-state index contributed by atoms with van der Waals surface area (Å²) < 4.78 is 6.45. The van der Waals surface area contributed by atoms with Crippen LogP contribution in [0.2, 0.25) is 0 Å². The molecule has 0 fully saturated rings. The lowest BCUT2D eigenvalue weighted by molar-refractivity contribution is 0.614. The van der Waals surface area contributed by atoms with Crippen LogP contribution in [0.4, 0.5) is 5.82 Å². The second kappa shape index (κ2) is 3.38. The van der Waals surface area contributed by atoms with Crippen molar-refractivity contribution in [3.05, 3.63) is 35.0 Å². The quantitative estimate of drug-likeness (QED) is 0.718. The summed E-state index contributed by atoms with van der Waals surface area (Å²) >= 11 is 3.43. The number of hydrogen-bond acceptors (Lipinski definition) is 3. The molecule has 4 nitrogen and oxygen atoms in total. The van der Waals surface area contributed by atoms with Crippen molar-refractivity contribution in [2.45, 2.75) is 0 Å². The number of para-hydroxylation sites is 1. The molecular formula is C11H8BrN3O. The van der Waals surface area contributed by atoms with Gasteiger partial charge in [0.2, 0.25) is 0 Å². The molecule has 0 aliphatic rings. The van der Waals surface area contributed by atoms with Crippen LogP contribution >= 0.6 is 15.9 Å². The molecular weight excluding hydrogens is 270 g/mol. The Morgan fingerprint density at radius 2 is 2.25 bits per heavy atom. The van der Waals surface area contributed by atoms with Gasteiger partial charge in [0.05, 0.1) is 10.2 Å². The van der Waals surface area contributed by atoms with Gasteiger partial charge in [-0.2, -0.15) is 5.10 Å². The molecule has 0 saturated heterocycles. The van der Waals surface area contributed by atoms with Crippen LogP contribution in [0.3, 0.4) is 0 Å². The molecule has 0 unspecified atom stereocenters. The summed E-state index contributed by atoms with van der Waals surface area (Å²) in [6.45, 7) is 0. The van der Waals surface area contributed by atoms with Crippen LogP contribution in [0.1, 0.15) is 0 Å². The van der Waals surface area contributed by atoms with Crippen LogP contribution < -0.4 is 5.73 Å². The summed E-state index contributed by atoms with van der Waals surface area (Å²) in [5.74, 6) is 0.470. The fourth-order valence-electron chi connectivity index (χ4n) is 1.71. The Hall–Kier alpha value is -1.75. The van der Waals surface area contributed by atoms with Gasteiger partial charge in [-0.3, -0.25) is 5.10 Å². The van der Waals surface area contributed by atoms with Gasteiger partial charge in [-0.25, -0.2) is 0 Å². The number of aromatic amines is 1. The van der Waals surface area contributed by atoms with Crippen LogP contribution in [-0.2, 0) is 0 Å². The Labute approximate surface area is 99.6 Å². The monoisotopic (exact) mass is 277 g/mol. The molecule has 0 spiro atoms. The van der Waals surface area contributed by atoms with Crippen LogP contribution in [0.15, 0.2) is 39.4 Å². The van der Waals surface area contributed by atoms with Crippen LogP contribution in [0.5, 0.6) is 0 Å². The Bertz CT molecular complexity index is 656. The van der Waals surface area contributed by atoms with Gasteiger partial charge in [0, 0.05) is 17.0 Å². The van der Waals surface area contributed by atoms with E-state index < -0.39 is 0 Å². The minimum Gasteiger partial charge on any atom is -0.462 e. The number of furan rings is 1. The number of aromatic nitrogens is 2. The van der Waals surface area contributed by atoms with Crippen molar-refractivity contribution in [1.29, 1.82) is 0 Å². The van der Waals surface area contributed by atoms with E-state index in [0.717, 1.165) is 26.7 Å². The number of anilines is 1. The number of nitrogen functional groups attached to an aromatic ring is 1. The second-order valence-electron chi connectivity index (χ2n) is 3.47. The molecule has 5 heteroatoms. The van der Waals surface area contributed by atoms with Crippen molar-refractivity contribution >= 4 is 32.7 Å². The second-order valence-corrected chi connectivity index (χ2v) is 4.33. The van der Waals surface area contributed by atoms with Crippen LogP contribution in [0, 0.1) is 0 Å². The highest BCUT2D eigenvalue weighted by Crippen LogP contribution is 2.33. The molecule has 3 rings (SSSR count).